The van der Waals surface area contributed by atoms with Crippen LogP contribution in [0.4, 0.5) is 8.78 Å². The fourth-order valence-corrected chi connectivity index (χ4v) is 4.95. The van der Waals surface area contributed by atoms with Gasteiger partial charge in [0.25, 0.3) is 0 Å². The van der Waals surface area contributed by atoms with Crippen LogP contribution in [0.2, 0.25) is 0 Å². The molecule has 6 nitrogen and oxygen atoms in total. The van der Waals surface area contributed by atoms with Crippen LogP contribution in [0.25, 0.3) is 11.3 Å². The first-order valence-corrected chi connectivity index (χ1v) is 10.7. The number of halogens is 2. The van der Waals surface area contributed by atoms with Gasteiger partial charge in [0.05, 0.1) is 22.9 Å². The molecule has 0 radical (unpaired) electrons. The molecule has 2 aliphatic rings. The van der Waals surface area contributed by atoms with Crippen LogP contribution in [0.3, 0.4) is 0 Å². The van der Waals surface area contributed by atoms with Crippen molar-refractivity contribution < 1.29 is 18.4 Å². The molecule has 2 aromatic rings. The van der Waals surface area contributed by atoms with Gasteiger partial charge in [-0.15, -0.1) is 5.10 Å². The molecule has 1 fully saturated rings. The van der Waals surface area contributed by atoms with Crippen LogP contribution in [0, 0.1) is 17.6 Å². The van der Waals surface area contributed by atoms with E-state index in [1.54, 1.807) is 11.0 Å². The van der Waals surface area contributed by atoms with Crippen molar-refractivity contribution in [2.45, 2.75) is 57.4 Å². The highest BCUT2D eigenvalue weighted by Gasteiger charge is 2.41. The van der Waals surface area contributed by atoms with Crippen LogP contribution in [0.5, 0.6) is 0 Å². The predicted octanol–water partition coefficient (Wildman–Crippen LogP) is 3.52. The highest BCUT2D eigenvalue weighted by atomic mass is 19.1. The summed E-state index contributed by atoms with van der Waals surface area (Å²) in [4.78, 5) is 26.7. The van der Waals surface area contributed by atoms with Crippen molar-refractivity contribution >= 4 is 11.8 Å². The second-order valence-electron chi connectivity index (χ2n) is 8.74. The monoisotopic (exact) mass is 428 g/mol. The Hall–Kier alpha value is -2.90. The van der Waals surface area contributed by atoms with Crippen LogP contribution >= 0.6 is 0 Å². The largest absolute Gasteiger partial charge is 0.368 e. The van der Waals surface area contributed by atoms with E-state index in [9.17, 15) is 18.4 Å². The van der Waals surface area contributed by atoms with Gasteiger partial charge in [0, 0.05) is 6.54 Å². The summed E-state index contributed by atoms with van der Waals surface area (Å²) in [5.41, 5.74) is 6.71. The smallest absolute Gasteiger partial charge is 0.240 e. The topological polar surface area (TPSA) is 89.2 Å². The third-order valence-electron chi connectivity index (χ3n) is 6.54. The highest BCUT2D eigenvalue weighted by molar-refractivity contribution is 5.90. The number of hydrogen-bond acceptors (Lipinski definition) is 4. The zero-order valence-electron chi connectivity index (χ0n) is 17.6. The summed E-state index contributed by atoms with van der Waals surface area (Å²) in [6.45, 7) is 4.63. The van der Waals surface area contributed by atoms with Crippen LogP contribution in [0.15, 0.2) is 24.3 Å². The molecular formula is C23H26F2N4O2. The Balaban J connectivity index is 1.76. The Labute approximate surface area is 179 Å². The number of rotatable bonds is 4. The summed E-state index contributed by atoms with van der Waals surface area (Å²) in [6, 6.07) is 4.74. The lowest BCUT2D eigenvalue weighted by Gasteiger charge is -2.34. The van der Waals surface area contributed by atoms with Gasteiger partial charge in [0.1, 0.15) is 17.7 Å². The molecule has 31 heavy (non-hydrogen) atoms. The molecule has 1 aromatic carbocycles. The first kappa shape index (κ1) is 21.3. The molecule has 0 bridgehead atoms. The Kier molecular flexibility index (Phi) is 5.73. The van der Waals surface area contributed by atoms with Crippen molar-refractivity contribution in [2.75, 3.05) is 6.54 Å². The van der Waals surface area contributed by atoms with E-state index < -0.39 is 29.5 Å². The van der Waals surface area contributed by atoms with Crippen molar-refractivity contribution in [1.82, 2.24) is 15.1 Å². The average molecular weight is 428 g/mol. The summed E-state index contributed by atoms with van der Waals surface area (Å²) in [7, 11) is 0. The van der Waals surface area contributed by atoms with Crippen LogP contribution in [-0.2, 0) is 9.59 Å². The summed E-state index contributed by atoms with van der Waals surface area (Å²) < 4.78 is 28.7. The van der Waals surface area contributed by atoms with Crippen molar-refractivity contribution in [3.05, 3.63) is 47.2 Å². The minimum atomic E-state index is -0.708. The van der Waals surface area contributed by atoms with Gasteiger partial charge in [0.15, 0.2) is 0 Å². The lowest BCUT2D eigenvalue weighted by Crippen LogP contribution is -2.46. The summed E-state index contributed by atoms with van der Waals surface area (Å²) in [6.07, 6.45) is 2.61. The first-order valence-electron chi connectivity index (χ1n) is 10.7. The highest BCUT2D eigenvalue weighted by Crippen LogP contribution is 2.43. The molecule has 2 amide bonds. The molecule has 3 atom stereocenters. The molecule has 4 rings (SSSR count). The van der Waals surface area contributed by atoms with E-state index in [1.165, 1.54) is 18.2 Å². The number of nitrogens with zero attached hydrogens (tertiary/aromatic N) is 3. The minimum absolute atomic E-state index is 0.0913. The second kappa shape index (κ2) is 8.32. The number of aromatic nitrogens is 2. The molecule has 164 valence electrons. The maximum atomic E-state index is 14.3. The Morgan fingerprint density at radius 2 is 1.84 bits per heavy atom. The normalized spacial score (nSPS) is 23.1. The SMILES string of the molecule is CC(C)[C@@H]1CCC(C(=O)N2CCC[C@H]2C(N)=O)c2nnc(-c3c(F)cccc3F)cc21. The van der Waals surface area contributed by atoms with Crippen LogP contribution in [-0.4, -0.2) is 39.5 Å². The second-order valence-corrected chi connectivity index (χ2v) is 8.74. The van der Waals surface area contributed by atoms with Gasteiger partial charge in [-0.2, -0.15) is 5.10 Å². The molecule has 0 spiro atoms. The van der Waals surface area contributed by atoms with Gasteiger partial charge in [-0.05, 0) is 61.3 Å². The van der Waals surface area contributed by atoms with Crippen molar-refractivity contribution in [3.63, 3.8) is 0 Å². The van der Waals surface area contributed by atoms with Crippen molar-refractivity contribution in [2.24, 2.45) is 11.7 Å². The number of nitrogens with two attached hydrogens (primary N) is 1. The van der Waals surface area contributed by atoms with Gasteiger partial charge < -0.3 is 10.6 Å². The molecule has 1 aromatic heterocycles. The van der Waals surface area contributed by atoms with Gasteiger partial charge >= 0.3 is 0 Å². The van der Waals surface area contributed by atoms with Gasteiger partial charge in [0.2, 0.25) is 11.8 Å². The lowest BCUT2D eigenvalue weighted by atomic mass is 9.74. The molecule has 1 saturated heterocycles. The zero-order chi connectivity index (χ0) is 22.3. The first-order chi connectivity index (χ1) is 14.8. The standard InChI is InChI=1S/C23H26F2N4O2/c1-12(2)13-8-9-14(23(31)29-10-4-7-19(29)22(26)30)21-15(13)11-18(27-28-21)20-16(24)5-3-6-17(20)25/h3,5-6,11-14,19H,4,7-10H2,1-2H3,(H2,26,30)/t13-,14?,19-/m0/s1. The van der Waals surface area contributed by atoms with Crippen LogP contribution < -0.4 is 5.73 Å². The number of hydrogen-bond donors (Lipinski definition) is 1. The molecule has 0 saturated carbocycles. The van der Waals surface area contributed by atoms with Gasteiger partial charge in [-0.3, -0.25) is 9.59 Å². The molecular weight excluding hydrogens is 402 g/mol. The number of carbonyl (C=O) groups is 2. The van der Waals surface area contributed by atoms with Crippen molar-refractivity contribution in [3.8, 4) is 11.3 Å². The third kappa shape index (κ3) is 3.79. The van der Waals surface area contributed by atoms with E-state index in [-0.39, 0.29) is 29.0 Å². The Bertz CT molecular complexity index is 1010. The lowest BCUT2D eigenvalue weighted by molar-refractivity contribution is -0.139. The molecule has 2 N–H and O–H groups in total. The number of likely N-dealkylation sites (tertiary alicyclic amines) is 1. The molecule has 1 aliphatic heterocycles. The molecule has 2 heterocycles. The molecule has 8 heteroatoms. The number of primary amides is 1. The maximum absolute atomic E-state index is 14.3. The van der Waals surface area contributed by atoms with Gasteiger partial charge in [-0.1, -0.05) is 19.9 Å². The number of fused-ring (bicyclic) bond motifs is 1. The van der Waals surface area contributed by atoms with E-state index >= 15 is 0 Å². The van der Waals surface area contributed by atoms with Gasteiger partial charge in [-0.25, -0.2) is 8.78 Å². The number of carbonyl (C=O) groups excluding carboxylic acids is 2. The Morgan fingerprint density at radius 3 is 2.48 bits per heavy atom. The van der Waals surface area contributed by atoms with E-state index in [0.29, 0.717) is 25.1 Å². The summed E-state index contributed by atoms with van der Waals surface area (Å²) in [5.74, 6) is -2.30. The summed E-state index contributed by atoms with van der Waals surface area (Å²) >= 11 is 0. The fourth-order valence-electron chi connectivity index (χ4n) is 4.95. The average Bonchev–Trinajstić information content (AvgIpc) is 3.22. The van der Waals surface area contributed by atoms with Crippen molar-refractivity contribution in [1.29, 1.82) is 0 Å². The predicted molar refractivity (Wildman–Crippen MR) is 111 cm³/mol. The van der Waals surface area contributed by atoms with Crippen LogP contribution in [0.1, 0.15) is 62.6 Å². The summed E-state index contributed by atoms with van der Waals surface area (Å²) in [5, 5.41) is 8.41. The minimum Gasteiger partial charge on any atom is -0.368 e. The van der Waals surface area contributed by atoms with E-state index in [1.807, 2.05) is 0 Å². The van der Waals surface area contributed by atoms with E-state index in [4.69, 9.17) is 5.73 Å². The quantitative estimate of drug-likeness (QED) is 0.807. The number of amides is 2. The van der Waals surface area contributed by atoms with E-state index in [0.717, 1.165) is 18.4 Å². The van der Waals surface area contributed by atoms with E-state index in [2.05, 4.69) is 24.0 Å². The number of benzene rings is 1. The molecule has 1 aliphatic carbocycles. The third-order valence-corrected chi connectivity index (χ3v) is 6.54. The fraction of sp³-hybridized carbons (Fsp3) is 0.478. The Morgan fingerprint density at radius 1 is 1.13 bits per heavy atom. The zero-order valence-corrected chi connectivity index (χ0v) is 17.6. The molecule has 1 unspecified atom stereocenters. The maximum Gasteiger partial charge on any atom is 0.240 e.